The van der Waals surface area contributed by atoms with E-state index in [0.29, 0.717) is 11.4 Å². The molecule has 9 heteroatoms. The minimum Gasteiger partial charge on any atom is -0.473 e. The van der Waals surface area contributed by atoms with Gasteiger partial charge in [0, 0.05) is 12.6 Å². The molecular weight excluding hydrogens is 292 g/mol. The molecule has 0 saturated carbocycles. The quantitative estimate of drug-likeness (QED) is 0.613. The van der Waals surface area contributed by atoms with Crippen LogP contribution in [0.5, 0.6) is 5.75 Å². The van der Waals surface area contributed by atoms with Crippen molar-refractivity contribution < 1.29 is 24.2 Å². The number of rotatable bonds is 1. The fraction of sp³-hybridized carbons (Fsp3) is 0.385. The van der Waals surface area contributed by atoms with Gasteiger partial charge in [0.25, 0.3) is 5.91 Å². The number of fused-ring (bicyclic) bond motifs is 1. The summed E-state index contributed by atoms with van der Waals surface area (Å²) in [6.07, 6.45) is 0.110. The van der Waals surface area contributed by atoms with Crippen molar-refractivity contribution in [1.82, 2.24) is 15.2 Å². The monoisotopic (exact) mass is 306 g/mol. The van der Waals surface area contributed by atoms with Gasteiger partial charge in [-0.2, -0.15) is 0 Å². The first-order chi connectivity index (χ1) is 10.4. The molecule has 2 atom stereocenters. The van der Waals surface area contributed by atoms with Crippen LogP contribution in [0.2, 0.25) is 0 Å². The Kier molecular flexibility index (Phi) is 3.12. The molecular formula is C13H14N4O5. The van der Waals surface area contributed by atoms with Gasteiger partial charge in [-0.05, 0) is 12.1 Å². The Morgan fingerprint density at radius 1 is 1.55 bits per heavy atom. The maximum atomic E-state index is 12.4. The Morgan fingerprint density at radius 2 is 2.32 bits per heavy atom. The second-order valence-electron chi connectivity index (χ2n) is 5.26. The molecule has 3 heterocycles. The molecule has 0 radical (unpaired) electrons. The molecule has 3 rings (SSSR count). The zero-order chi connectivity index (χ0) is 15.9. The average Bonchev–Trinajstić information content (AvgIpc) is 2.81. The average molecular weight is 306 g/mol. The predicted molar refractivity (Wildman–Crippen MR) is 71.8 cm³/mol. The summed E-state index contributed by atoms with van der Waals surface area (Å²) in [7, 11) is 0. The fourth-order valence-corrected chi connectivity index (χ4v) is 2.80. The third-order valence-electron chi connectivity index (χ3n) is 3.88. The number of carboxylic acid groups (broad SMARTS) is 1. The molecule has 3 amide bonds. The first-order valence-corrected chi connectivity index (χ1v) is 6.63. The highest BCUT2D eigenvalue weighted by atomic mass is 16.5. The van der Waals surface area contributed by atoms with Crippen LogP contribution in [-0.2, 0) is 16.1 Å². The van der Waals surface area contributed by atoms with Crippen LogP contribution in [0.4, 0.5) is 4.79 Å². The largest absolute Gasteiger partial charge is 0.473 e. The van der Waals surface area contributed by atoms with E-state index in [0.717, 1.165) is 4.90 Å². The normalized spacial score (nSPS) is 26.8. The van der Waals surface area contributed by atoms with Crippen LogP contribution in [0.15, 0.2) is 18.3 Å². The van der Waals surface area contributed by atoms with Gasteiger partial charge in [0.2, 0.25) is 11.5 Å². The number of aromatic nitrogens is 1. The van der Waals surface area contributed by atoms with Gasteiger partial charge in [0.05, 0.1) is 13.1 Å². The number of amides is 3. The smallest absolute Gasteiger partial charge is 0.408 e. The van der Waals surface area contributed by atoms with E-state index < -0.39 is 29.6 Å². The van der Waals surface area contributed by atoms with Crippen molar-refractivity contribution in [2.75, 3.05) is 6.54 Å². The summed E-state index contributed by atoms with van der Waals surface area (Å²) in [5, 5.41) is 11.9. The molecule has 1 spiro atoms. The number of ether oxygens (including phenoxy) is 1. The Hall–Kier alpha value is -2.84. The molecule has 0 aromatic carbocycles. The molecule has 2 aliphatic heterocycles. The molecule has 1 saturated heterocycles. The van der Waals surface area contributed by atoms with Gasteiger partial charge in [0.1, 0.15) is 17.5 Å². The molecule has 1 aromatic rings. The van der Waals surface area contributed by atoms with Crippen LogP contribution in [0.1, 0.15) is 12.1 Å². The summed E-state index contributed by atoms with van der Waals surface area (Å²) >= 11 is 0. The van der Waals surface area contributed by atoms with Gasteiger partial charge in [-0.1, -0.05) is 0 Å². The van der Waals surface area contributed by atoms with E-state index in [4.69, 9.17) is 10.5 Å². The van der Waals surface area contributed by atoms with Crippen molar-refractivity contribution in [2.24, 2.45) is 5.73 Å². The van der Waals surface area contributed by atoms with Gasteiger partial charge in [-0.3, -0.25) is 19.5 Å². The van der Waals surface area contributed by atoms with E-state index >= 15 is 0 Å². The summed E-state index contributed by atoms with van der Waals surface area (Å²) < 4.78 is 5.79. The zero-order valence-electron chi connectivity index (χ0n) is 11.5. The van der Waals surface area contributed by atoms with Crippen molar-refractivity contribution in [2.45, 2.75) is 24.6 Å². The highest BCUT2D eigenvalue weighted by Gasteiger charge is 2.56. The van der Waals surface area contributed by atoms with Crippen LogP contribution in [-0.4, -0.2) is 51.1 Å². The van der Waals surface area contributed by atoms with Gasteiger partial charge < -0.3 is 20.9 Å². The summed E-state index contributed by atoms with van der Waals surface area (Å²) in [4.78, 5) is 40.2. The van der Waals surface area contributed by atoms with E-state index in [1.54, 1.807) is 18.3 Å². The number of hydrogen-bond donors (Lipinski definition) is 3. The zero-order valence-corrected chi connectivity index (χ0v) is 11.5. The van der Waals surface area contributed by atoms with E-state index in [9.17, 15) is 19.5 Å². The van der Waals surface area contributed by atoms with Crippen molar-refractivity contribution >= 4 is 17.9 Å². The SMILES string of the molecule is NC(=O)[C@@H]1C[C@]2(CN1C(=O)O)Oc1cccnc1CNC2=O. The molecule has 0 aliphatic carbocycles. The maximum Gasteiger partial charge on any atom is 0.408 e. The van der Waals surface area contributed by atoms with E-state index in [2.05, 4.69) is 10.3 Å². The Labute approximate surface area is 125 Å². The first-order valence-electron chi connectivity index (χ1n) is 6.63. The maximum absolute atomic E-state index is 12.4. The summed E-state index contributed by atoms with van der Waals surface area (Å²) in [5.74, 6) is -0.914. The Morgan fingerprint density at radius 3 is 2.95 bits per heavy atom. The van der Waals surface area contributed by atoms with Crippen molar-refractivity contribution in [3.63, 3.8) is 0 Å². The minimum absolute atomic E-state index is 0.130. The van der Waals surface area contributed by atoms with E-state index in [1.807, 2.05) is 0 Å². The number of nitrogens with two attached hydrogens (primary N) is 1. The number of likely N-dealkylation sites (tertiary alicyclic amines) is 1. The van der Waals surface area contributed by atoms with Gasteiger partial charge >= 0.3 is 6.09 Å². The number of nitrogens with zero attached hydrogens (tertiary/aromatic N) is 2. The van der Waals surface area contributed by atoms with Crippen molar-refractivity contribution in [1.29, 1.82) is 0 Å². The molecule has 0 bridgehead atoms. The highest BCUT2D eigenvalue weighted by Crippen LogP contribution is 2.35. The molecule has 4 N–H and O–H groups in total. The third-order valence-corrected chi connectivity index (χ3v) is 3.88. The minimum atomic E-state index is -1.48. The van der Waals surface area contributed by atoms with Crippen LogP contribution in [0, 0.1) is 0 Å². The summed E-state index contributed by atoms with van der Waals surface area (Å²) in [6.45, 7) is -0.0961. The summed E-state index contributed by atoms with van der Waals surface area (Å²) in [5.41, 5.74) is 4.31. The lowest BCUT2D eigenvalue weighted by atomic mass is 9.98. The standard InChI is InChI=1S/C13H14N4O5/c14-10(18)8-4-13(6-17(8)12(20)21)11(19)16-5-7-9(22-13)2-1-3-15-7/h1-3,8H,4-6H2,(H2,14,18)(H,16,19)(H,20,21)/t8-,13+/m0/s1. The van der Waals surface area contributed by atoms with Crippen molar-refractivity contribution in [3.05, 3.63) is 24.0 Å². The third kappa shape index (κ3) is 2.10. The van der Waals surface area contributed by atoms with E-state index in [1.165, 1.54) is 0 Å². The van der Waals surface area contributed by atoms with Gasteiger partial charge in [-0.15, -0.1) is 0 Å². The van der Waals surface area contributed by atoms with Gasteiger partial charge in [-0.25, -0.2) is 4.79 Å². The molecule has 116 valence electrons. The van der Waals surface area contributed by atoms with E-state index in [-0.39, 0.29) is 19.5 Å². The molecule has 22 heavy (non-hydrogen) atoms. The second-order valence-corrected chi connectivity index (χ2v) is 5.26. The van der Waals surface area contributed by atoms with Crippen molar-refractivity contribution in [3.8, 4) is 5.75 Å². The number of nitrogens with one attached hydrogen (secondary N) is 1. The van der Waals surface area contributed by atoms with Gasteiger partial charge in [0.15, 0.2) is 0 Å². The number of carbonyl (C=O) groups is 3. The van der Waals surface area contributed by atoms with Crippen LogP contribution in [0.25, 0.3) is 0 Å². The lowest BCUT2D eigenvalue weighted by molar-refractivity contribution is -0.135. The Balaban J connectivity index is 2.00. The molecule has 0 unspecified atom stereocenters. The highest BCUT2D eigenvalue weighted by molar-refractivity contribution is 5.92. The molecule has 1 fully saturated rings. The number of pyridine rings is 1. The number of hydrogen-bond acceptors (Lipinski definition) is 5. The lowest BCUT2D eigenvalue weighted by Gasteiger charge is -2.26. The lowest BCUT2D eigenvalue weighted by Crippen LogP contribution is -2.51. The Bertz CT molecular complexity index is 640. The number of primary amides is 1. The van der Waals surface area contributed by atoms with Crippen LogP contribution in [0.3, 0.4) is 0 Å². The summed E-state index contributed by atoms with van der Waals surface area (Å²) in [6, 6.07) is 2.19. The first kappa shape index (κ1) is 14.1. The van der Waals surface area contributed by atoms with Crippen LogP contribution >= 0.6 is 0 Å². The van der Waals surface area contributed by atoms with Crippen LogP contribution < -0.4 is 15.8 Å². The predicted octanol–water partition coefficient (Wildman–Crippen LogP) is -0.933. The molecule has 2 aliphatic rings. The topological polar surface area (TPSA) is 135 Å². The number of carbonyl (C=O) groups excluding carboxylic acids is 2. The fourth-order valence-electron chi connectivity index (χ4n) is 2.80. The second kappa shape index (κ2) is 4.86. The molecule has 9 nitrogen and oxygen atoms in total. The molecule has 1 aromatic heterocycles.